The van der Waals surface area contributed by atoms with Gasteiger partial charge in [0.15, 0.2) is 0 Å². The number of hydrogen-bond acceptors (Lipinski definition) is 5. The first-order chi connectivity index (χ1) is 16.2. The molecule has 34 heavy (non-hydrogen) atoms. The largest absolute Gasteiger partial charge is 0.495 e. The molecule has 7 heteroatoms. The summed E-state index contributed by atoms with van der Waals surface area (Å²) < 4.78 is 34.2. The molecule has 176 valence electrons. The van der Waals surface area contributed by atoms with Crippen molar-refractivity contribution >= 4 is 21.4 Å². The van der Waals surface area contributed by atoms with E-state index in [1.165, 1.54) is 7.11 Å². The molecular formula is C27H28N2O3S2. The van der Waals surface area contributed by atoms with Crippen molar-refractivity contribution in [1.82, 2.24) is 9.71 Å². The molecule has 1 N–H and O–H groups in total. The van der Waals surface area contributed by atoms with Gasteiger partial charge in [-0.05, 0) is 28.7 Å². The van der Waals surface area contributed by atoms with Gasteiger partial charge in [0.2, 0.25) is 10.0 Å². The average Bonchev–Trinajstić information content (AvgIpc) is 3.33. The van der Waals surface area contributed by atoms with Crippen LogP contribution in [0.2, 0.25) is 0 Å². The molecule has 0 saturated heterocycles. The van der Waals surface area contributed by atoms with E-state index < -0.39 is 10.0 Å². The van der Waals surface area contributed by atoms with Gasteiger partial charge in [-0.25, -0.2) is 18.1 Å². The Labute approximate surface area is 205 Å². The Bertz CT molecular complexity index is 1370. The summed E-state index contributed by atoms with van der Waals surface area (Å²) in [6.45, 7) is 6.32. The van der Waals surface area contributed by atoms with Crippen LogP contribution in [-0.4, -0.2) is 20.5 Å². The fourth-order valence-electron chi connectivity index (χ4n) is 3.52. The van der Waals surface area contributed by atoms with E-state index in [0.717, 1.165) is 33.0 Å². The van der Waals surface area contributed by atoms with Crippen molar-refractivity contribution in [2.75, 3.05) is 7.11 Å². The van der Waals surface area contributed by atoms with Gasteiger partial charge < -0.3 is 4.74 Å². The fourth-order valence-corrected chi connectivity index (χ4v) is 5.57. The van der Waals surface area contributed by atoms with Gasteiger partial charge in [0, 0.05) is 23.1 Å². The van der Waals surface area contributed by atoms with E-state index >= 15 is 0 Å². The SMILES string of the molecule is COc1ccc(C(C)(C)C)cc1S(=O)(=O)NCc1ccc(-c2nc(-c3ccccc3)cs2)cc1. The van der Waals surface area contributed by atoms with Crippen LogP contribution >= 0.6 is 11.3 Å². The number of thiazole rings is 1. The van der Waals surface area contributed by atoms with Gasteiger partial charge in [-0.2, -0.15) is 0 Å². The highest BCUT2D eigenvalue weighted by Gasteiger charge is 2.23. The van der Waals surface area contributed by atoms with E-state index in [1.54, 1.807) is 23.5 Å². The molecule has 1 aromatic heterocycles. The fraction of sp³-hybridized carbons (Fsp3) is 0.222. The number of benzene rings is 3. The van der Waals surface area contributed by atoms with Crippen LogP contribution in [0.15, 0.2) is 83.1 Å². The Morgan fingerprint density at radius 1 is 0.941 bits per heavy atom. The third-order valence-electron chi connectivity index (χ3n) is 5.56. The lowest BCUT2D eigenvalue weighted by Crippen LogP contribution is -2.24. The number of methoxy groups -OCH3 is 1. The number of nitrogens with one attached hydrogen (secondary N) is 1. The van der Waals surface area contributed by atoms with Gasteiger partial charge in [0.1, 0.15) is 15.7 Å². The zero-order valence-corrected chi connectivity index (χ0v) is 21.3. The van der Waals surface area contributed by atoms with Crippen LogP contribution in [0.1, 0.15) is 31.9 Å². The molecule has 0 radical (unpaired) electrons. The van der Waals surface area contributed by atoms with Crippen molar-refractivity contribution in [3.63, 3.8) is 0 Å². The zero-order valence-electron chi connectivity index (χ0n) is 19.7. The molecule has 0 unspecified atom stereocenters. The minimum Gasteiger partial charge on any atom is -0.495 e. The lowest BCUT2D eigenvalue weighted by molar-refractivity contribution is 0.401. The maximum absolute atomic E-state index is 13.1. The minimum absolute atomic E-state index is 0.148. The maximum atomic E-state index is 13.1. The van der Waals surface area contributed by atoms with Crippen LogP contribution in [0.5, 0.6) is 5.75 Å². The standard InChI is InChI=1S/C27H28N2O3S2/c1-27(2,3)22-14-15-24(32-4)25(16-22)34(30,31)28-17-19-10-12-21(13-11-19)26-29-23(18-33-26)20-8-6-5-7-9-20/h5-16,18,28H,17H2,1-4H3. The van der Waals surface area contributed by atoms with Crippen molar-refractivity contribution in [2.24, 2.45) is 0 Å². The zero-order chi connectivity index (χ0) is 24.3. The summed E-state index contributed by atoms with van der Waals surface area (Å²) in [5, 5.41) is 2.97. The van der Waals surface area contributed by atoms with Crippen LogP contribution in [0, 0.1) is 0 Å². The Hall–Kier alpha value is -3.00. The summed E-state index contributed by atoms with van der Waals surface area (Å²) in [5.41, 5.74) is 4.64. The van der Waals surface area contributed by atoms with Crippen molar-refractivity contribution < 1.29 is 13.2 Å². The van der Waals surface area contributed by atoms with E-state index in [2.05, 4.69) is 4.72 Å². The highest BCUT2D eigenvalue weighted by atomic mass is 32.2. The van der Waals surface area contributed by atoms with Gasteiger partial charge in [0.25, 0.3) is 0 Å². The molecule has 0 amide bonds. The molecule has 4 aromatic rings. The number of hydrogen-bond donors (Lipinski definition) is 1. The summed E-state index contributed by atoms with van der Waals surface area (Å²) >= 11 is 1.59. The van der Waals surface area contributed by atoms with Crippen LogP contribution in [0.3, 0.4) is 0 Å². The van der Waals surface area contributed by atoms with Crippen LogP contribution in [0.25, 0.3) is 21.8 Å². The van der Waals surface area contributed by atoms with Gasteiger partial charge in [0.05, 0.1) is 12.8 Å². The predicted molar refractivity (Wildman–Crippen MR) is 139 cm³/mol. The van der Waals surface area contributed by atoms with Gasteiger partial charge in [-0.15, -0.1) is 11.3 Å². The molecule has 0 aliphatic rings. The van der Waals surface area contributed by atoms with Crippen LogP contribution < -0.4 is 9.46 Å². The lowest BCUT2D eigenvalue weighted by atomic mass is 9.87. The monoisotopic (exact) mass is 492 g/mol. The smallest absolute Gasteiger partial charge is 0.244 e. The molecule has 0 aliphatic carbocycles. The van der Waals surface area contributed by atoms with Crippen molar-refractivity contribution in [2.45, 2.75) is 37.6 Å². The van der Waals surface area contributed by atoms with E-state index in [-0.39, 0.29) is 16.9 Å². The van der Waals surface area contributed by atoms with E-state index in [9.17, 15) is 8.42 Å². The highest BCUT2D eigenvalue weighted by molar-refractivity contribution is 7.89. The van der Waals surface area contributed by atoms with Crippen LogP contribution in [0.4, 0.5) is 0 Å². The van der Waals surface area contributed by atoms with Gasteiger partial charge in [-0.3, -0.25) is 0 Å². The molecule has 4 rings (SSSR count). The quantitative estimate of drug-likeness (QED) is 0.331. The first-order valence-electron chi connectivity index (χ1n) is 11.0. The number of nitrogens with zero attached hydrogens (tertiary/aromatic N) is 1. The topological polar surface area (TPSA) is 68.3 Å². The van der Waals surface area contributed by atoms with Gasteiger partial charge >= 0.3 is 0 Å². The Balaban J connectivity index is 1.49. The second-order valence-electron chi connectivity index (χ2n) is 9.04. The van der Waals surface area contributed by atoms with E-state index in [0.29, 0.717) is 5.75 Å². The molecule has 0 spiro atoms. The predicted octanol–water partition coefficient (Wildman–Crippen LogP) is 6.26. The second kappa shape index (κ2) is 9.70. The molecule has 0 saturated carbocycles. The number of ether oxygens (including phenoxy) is 1. The molecule has 0 atom stereocenters. The summed E-state index contributed by atoms with van der Waals surface area (Å²) in [6.07, 6.45) is 0. The molecule has 0 aliphatic heterocycles. The number of aromatic nitrogens is 1. The number of sulfonamides is 1. The molecule has 0 fully saturated rings. The van der Waals surface area contributed by atoms with Crippen molar-refractivity contribution in [3.8, 4) is 27.6 Å². The van der Waals surface area contributed by atoms with Crippen molar-refractivity contribution in [1.29, 1.82) is 0 Å². The molecule has 3 aromatic carbocycles. The van der Waals surface area contributed by atoms with E-state index in [4.69, 9.17) is 9.72 Å². The molecular weight excluding hydrogens is 464 g/mol. The summed E-state index contributed by atoms with van der Waals surface area (Å²) in [7, 11) is -2.28. The maximum Gasteiger partial charge on any atom is 0.244 e. The summed E-state index contributed by atoms with van der Waals surface area (Å²) in [4.78, 5) is 4.89. The second-order valence-corrected chi connectivity index (χ2v) is 11.6. The van der Waals surface area contributed by atoms with Gasteiger partial charge in [-0.1, -0.05) is 81.4 Å². The molecule has 1 heterocycles. The first-order valence-corrected chi connectivity index (χ1v) is 13.3. The van der Waals surface area contributed by atoms with Crippen molar-refractivity contribution in [3.05, 3.63) is 89.3 Å². The normalized spacial score (nSPS) is 12.0. The Kier molecular flexibility index (Phi) is 6.89. The third-order valence-corrected chi connectivity index (χ3v) is 7.87. The Morgan fingerprint density at radius 2 is 1.65 bits per heavy atom. The Morgan fingerprint density at radius 3 is 2.29 bits per heavy atom. The average molecular weight is 493 g/mol. The summed E-state index contributed by atoms with van der Waals surface area (Å²) in [5.74, 6) is 0.328. The minimum atomic E-state index is -3.76. The number of rotatable bonds is 7. The highest BCUT2D eigenvalue weighted by Crippen LogP contribution is 2.31. The first kappa shape index (κ1) is 24.1. The summed E-state index contributed by atoms with van der Waals surface area (Å²) in [6, 6.07) is 23.2. The molecule has 0 bridgehead atoms. The third kappa shape index (κ3) is 5.38. The van der Waals surface area contributed by atoms with Crippen LogP contribution in [-0.2, 0) is 22.0 Å². The van der Waals surface area contributed by atoms with E-state index in [1.807, 2.05) is 86.8 Å². The lowest BCUT2D eigenvalue weighted by Gasteiger charge is -2.21. The molecule has 5 nitrogen and oxygen atoms in total.